The van der Waals surface area contributed by atoms with Crippen LogP contribution in [-0.2, 0) is 11.2 Å². The summed E-state index contributed by atoms with van der Waals surface area (Å²) in [6, 6.07) is 14.9. The van der Waals surface area contributed by atoms with Crippen molar-refractivity contribution in [2.45, 2.75) is 13.3 Å². The van der Waals surface area contributed by atoms with Crippen molar-refractivity contribution in [1.82, 2.24) is 0 Å². The van der Waals surface area contributed by atoms with E-state index in [2.05, 4.69) is 5.32 Å². The van der Waals surface area contributed by atoms with Crippen LogP contribution in [0.4, 0.5) is 24.7 Å². The van der Waals surface area contributed by atoms with E-state index in [9.17, 15) is 22.8 Å². The second-order valence-electron chi connectivity index (χ2n) is 10.0. The largest absolute Gasteiger partial charge is 0.439 e. The van der Waals surface area contributed by atoms with E-state index in [4.69, 9.17) is 9.15 Å². The van der Waals surface area contributed by atoms with Crippen LogP contribution in [0.1, 0.15) is 27.0 Å². The number of thiophene rings is 1. The normalized spacial score (nSPS) is 13.5. The zero-order chi connectivity index (χ0) is 29.4. The number of fused-ring (bicyclic) bond motifs is 1. The molecule has 0 bridgehead atoms. The van der Waals surface area contributed by atoms with Crippen molar-refractivity contribution in [3.8, 4) is 11.1 Å². The van der Waals surface area contributed by atoms with E-state index in [0.29, 0.717) is 53.7 Å². The molecule has 0 radical (unpaired) electrons. The first-order valence-electron chi connectivity index (χ1n) is 13.3. The highest BCUT2D eigenvalue weighted by molar-refractivity contribution is 7.17. The Kier molecular flexibility index (Phi) is 7.57. The third kappa shape index (κ3) is 5.43. The number of hydrogen-bond acceptors (Lipinski definition) is 6. The fraction of sp³-hybridized carbons (Fsp3) is 0.188. The van der Waals surface area contributed by atoms with Gasteiger partial charge in [0.25, 0.3) is 5.91 Å². The molecular weight excluding hydrogens is 565 g/mol. The van der Waals surface area contributed by atoms with Gasteiger partial charge in [0.2, 0.25) is 5.43 Å². The van der Waals surface area contributed by atoms with Crippen molar-refractivity contribution in [3.05, 3.63) is 116 Å². The average molecular weight is 591 g/mol. The number of carbonyl (C=O) groups excluding carboxylic acids is 1. The van der Waals surface area contributed by atoms with E-state index < -0.39 is 23.4 Å². The lowest BCUT2D eigenvalue weighted by Crippen LogP contribution is -2.36. The molecule has 10 heteroatoms. The van der Waals surface area contributed by atoms with Gasteiger partial charge < -0.3 is 19.4 Å². The highest BCUT2D eigenvalue weighted by Crippen LogP contribution is 2.35. The summed E-state index contributed by atoms with van der Waals surface area (Å²) in [5.74, 6) is -3.04. The summed E-state index contributed by atoms with van der Waals surface area (Å²) in [5.41, 5.74) is 2.79. The average Bonchev–Trinajstić information content (AvgIpc) is 3.42. The molecule has 6 nitrogen and oxygen atoms in total. The monoisotopic (exact) mass is 590 g/mol. The number of carbonyl (C=O) groups is 1. The van der Waals surface area contributed by atoms with E-state index in [1.807, 2.05) is 10.3 Å². The number of benzene rings is 3. The molecule has 0 unspecified atom stereocenters. The number of aryl methyl sites for hydroxylation is 1. The van der Waals surface area contributed by atoms with Gasteiger partial charge in [-0.25, -0.2) is 13.2 Å². The lowest BCUT2D eigenvalue weighted by atomic mass is 9.97. The van der Waals surface area contributed by atoms with Gasteiger partial charge >= 0.3 is 0 Å². The maximum absolute atomic E-state index is 14.9. The zero-order valence-electron chi connectivity index (χ0n) is 22.5. The van der Waals surface area contributed by atoms with Gasteiger partial charge in [0.05, 0.1) is 13.2 Å². The van der Waals surface area contributed by atoms with E-state index in [1.54, 1.807) is 37.3 Å². The van der Waals surface area contributed by atoms with Crippen LogP contribution >= 0.6 is 11.3 Å². The molecule has 1 amide bonds. The van der Waals surface area contributed by atoms with E-state index in [-0.39, 0.29) is 28.5 Å². The van der Waals surface area contributed by atoms with Gasteiger partial charge in [-0.15, -0.1) is 11.3 Å². The molecule has 1 fully saturated rings. The minimum atomic E-state index is -1.19. The van der Waals surface area contributed by atoms with E-state index in [1.165, 1.54) is 35.6 Å². The minimum Gasteiger partial charge on any atom is -0.439 e. The summed E-state index contributed by atoms with van der Waals surface area (Å²) in [7, 11) is 0. The molecule has 214 valence electrons. The fourth-order valence-corrected chi connectivity index (χ4v) is 5.88. The number of morpholine rings is 1. The molecule has 3 heterocycles. The van der Waals surface area contributed by atoms with Gasteiger partial charge in [-0.1, -0.05) is 24.3 Å². The number of ether oxygens (including phenoxy) is 1. The van der Waals surface area contributed by atoms with Crippen LogP contribution in [0.3, 0.4) is 0 Å². The smallest absolute Gasteiger partial charge is 0.256 e. The molecular formula is C32H25F3N2O4S. The predicted molar refractivity (Wildman–Crippen MR) is 157 cm³/mol. The third-order valence-corrected chi connectivity index (χ3v) is 8.20. The second kappa shape index (κ2) is 11.5. The van der Waals surface area contributed by atoms with Crippen LogP contribution in [0.15, 0.2) is 75.3 Å². The Bertz CT molecular complexity index is 1860. The standard InChI is InChI=1S/C32H25F3N2O4S/c1-18-2-3-20(26(34)14-18)15-23-22(8-9-25(33)29(23)35)32(39)36-21-6-4-19(5-7-21)24-17-42-31-27(38)16-28(41-30(24)31)37-10-12-40-13-11-37/h2-9,14,16-17H,10-13,15H2,1H3,(H,36,39). The minimum absolute atomic E-state index is 0.0980. The van der Waals surface area contributed by atoms with Crippen LogP contribution in [0.5, 0.6) is 0 Å². The van der Waals surface area contributed by atoms with Crippen molar-refractivity contribution < 1.29 is 27.1 Å². The second-order valence-corrected chi connectivity index (χ2v) is 10.9. The first kappa shape index (κ1) is 27.7. The molecule has 2 aromatic heterocycles. The summed E-state index contributed by atoms with van der Waals surface area (Å²) >= 11 is 1.30. The van der Waals surface area contributed by atoms with Crippen LogP contribution in [0, 0.1) is 24.4 Å². The van der Waals surface area contributed by atoms with Crippen molar-refractivity contribution >= 4 is 39.1 Å². The number of amides is 1. The number of halogens is 3. The summed E-state index contributed by atoms with van der Waals surface area (Å²) in [5, 5.41) is 4.57. The maximum atomic E-state index is 14.9. The summed E-state index contributed by atoms with van der Waals surface area (Å²) < 4.78 is 55.6. The summed E-state index contributed by atoms with van der Waals surface area (Å²) in [4.78, 5) is 28.0. The molecule has 5 aromatic rings. The zero-order valence-corrected chi connectivity index (χ0v) is 23.3. The lowest BCUT2D eigenvalue weighted by Gasteiger charge is -2.27. The number of rotatable bonds is 6. The van der Waals surface area contributed by atoms with Gasteiger partial charge in [0.15, 0.2) is 23.1 Å². The van der Waals surface area contributed by atoms with Gasteiger partial charge in [-0.3, -0.25) is 9.59 Å². The molecule has 0 saturated carbocycles. The lowest BCUT2D eigenvalue weighted by molar-refractivity contribution is 0.102. The molecule has 42 heavy (non-hydrogen) atoms. The van der Waals surface area contributed by atoms with E-state index >= 15 is 0 Å². The molecule has 3 aromatic carbocycles. The Hall–Kier alpha value is -4.41. The van der Waals surface area contributed by atoms with Crippen LogP contribution in [0.2, 0.25) is 0 Å². The molecule has 1 N–H and O–H groups in total. The van der Waals surface area contributed by atoms with Crippen molar-refractivity contribution in [2.24, 2.45) is 0 Å². The quantitative estimate of drug-likeness (QED) is 0.232. The van der Waals surface area contributed by atoms with Crippen LogP contribution in [0.25, 0.3) is 21.4 Å². The topological polar surface area (TPSA) is 71.8 Å². The Labute approximate surface area is 243 Å². The number of nitrogens with one attached hydrogen (secondary N) is 1. The van der Waals surface area contributed by atoms with Gasteiger partial charge in [0.1, 0.15) is 10.5 Å². The molecule has 1 aliphatic rings. The highest BCUT2D eigenvalue weighted by atomic mass is 32.1. The highest BCUT2D eigenvalue weighted by Gasteiger charge is 2.22. The Morgan fingerprint density at radius 1 is 0.976 bits per heavy atom. The molecule has 0 spiro atoms. The Morgan fingerprint density at radius 3 is 2.48 bits per heavy atom. The SMILES string of the molecule is Cc1ccc(Cc2c(C(=O)Nc3ccc(-c4csc5c(=O)cc(N6CCOCC6)oc45)cc3)ccc(F)c2F)c(F)c1. The maximum Gasteiger partial charge on any atom is 0.256 e. The molecule has 0 atom stereocenters. The fourth-order valence-electron chi connectivity index (χ4n) is 4.96. The van der Waals surface area contributed by atoms with Gasteiger partial charge in [-0.2, -0.15) is 0 Å². The van der Waals surface area contributed by atoms with Gasteiger partial charge in [0, 0.05) is 53.3 Å². The van der Waals surface area contributed by atoms with Crippen LogP contribution in [-0.4, -0.2) is 32.2 Å². The molecule has 6 rings (SSSR count). The number of nitrogens with zero attached hydrogens (tertiary/aromatic N) is 1. The summed E-state index contributed by atoms with van der Waals surface area (Å²) in [6.07, 6.45) is -0.291. The van der Waals surface area contributed by atoms with Crippen molar-refractivity contribution in [3.63, 3.8) is 0 Å². The number of hydrogen-bond donors (Lipinski definition) is 1. The van der Waals surface area contributed by atoms with Crippen LogP contribution < -0.4 is 15.6 Å². The van der Waals surface area contributed by atoms with Gasteiger partial charge in [-0.05, 0) is 53.9 Å². The molecule has 1 saturated heterocycles. The summed E-state index contributed by atoms with van der Waals surface area (Å²) in [6.45, 7) is 4.09. The van der Waals surface area contributed by atoms with Crippen molar-refractivity contribution in [1.29, 1.82) is 0 Å². The number of anilines is 2. The third-order valence-electron chi connectivity index (χ3n) is 7.22. The molecule has 1 aliphatic heterocycles. The van der Waals surface area contributed by atoms with E-state index in [0.717, 1.165) is 17.2 Å². The predicted octanol–water partition coefficient (Wildman–Crippen LogP) is 6.93. The Balaban J connectivity index is 1.26. The first-order valence-corrected chi connectivity index (χ1v) is 14.2. The Morgan fingerprint density at radius 2 is 1.74 bits per heavy atom. The molecule has 0 aliphatic carbocycles. The first-order chi connectivity index (χ1) is 20.3. The van der Waals surface area contributed by atoms with Crippen molar-refractivity contribution in [2.75, 3.05) is 36.5 Å².